The van der Waals surface area contributed by atoms with Gasteiger partial charge >= 0.3 is 0 Å². The first kappa shape index (κ1) is 17.0. The van der Waals surface area contributed by atoms with Crippen LogP contribution in [0.5, 0.6) is 0 Å². The summed E-state index contributed by atoms with van der Waals surface area (Å²) in [6, 6.07) is 0. The Morgan fingerprint density at radius 1 is 1.32 bits per heavy atom. The van der Waals surface area contributed by atoms with Crippen molar-refractivity contribution in [2.75, 3.05) is 19.3 Å². The number of aryl methyl sites for hydroxylation is 1. The van der Waals surface area contributed by atoms with Crippen LogP contribution in [0, 0.1) is 12.3 Å². The number of hydrogen-bond acceptors (Lipinski definition) is 4. The molecule has 2 nitrogen and oxygen atoms in total. The molecule has 0 aliphatic carbocycles. The molecule has 19 heavy (non-hydrogen) atoms. The summed E-state index contributed by atoms with van der Waals surface area (Å²) in [7, 11) is 2.21. The summed E-state index contributed by atoms with van der Waals surface area (Å²) in [5.74, 6) is 0.981. The lowest BCUT2D eigenvalue weighted by Gasteiger charge is -2.36. The summed E-state index contributed by atoms with van der Waals surface area (Å²) >= 11 is 6.37. The lowest BCUT2D eigenvalue weighted by atomic mass is 9.80. The van der Waals surface area contributed by atoms with Gasteiger partial charge in [-0.2, -0.15) is 12.6 Å². The van der Waals surface area contributed by atoms with Gasteiger partial charge in [0.1, 0.15) is 0 Å². The molecule has 0 aromatic carbocycles. The Morgan fingerprint density at radius 2 is 1.95 bits per heavy atom. The SMILES string of the molecule is CCCC(CS)(CCC)CN(C)Cc1csc(C)n1. The molecule has 110 valence electrons. The Labute approximate surface area is 128 Å². The first-order valence-electron chi connectivity index (χ1n) is 7.25. The van der Waals surface area contributed by atoms with Crippen LogP contribution in [0.3, 0.4) is 0 Å². The van der Waals surface area contributed by atoms with Crippen molar-refractivity contribution < 1.29 is 0 Å². The minimum atomic E-state index is 0.367. The maximum atomic E-state index is 4.63. The van der Waals surface area contributed by atoms with Gasteiger partial charge in [0.05, 0.1) is 10.7 Å². The third-order valence-corrected chi connectivity index (χ3v) is 5.09. The summed E-state index contributed by atoms with van der Waals surface area (Å²) in [6.07, 6.45) is 5.02. The molecule has 1 aromatic rings. The van der Waals surface area contributed by atoms with Gasteiger partial charge in [0.25, 0.3) is 0 Å². The first-order valence-corrected chi connectivity index (χ1v) is 8.77. The molecule has 0 saturated carbocycles. The van der Waals surface area contributed by atoms with E-state index in [4.69, 9.17) is 0 Å². The maximum absolute atomic E-state index is 4.63. The monoisotopic (exact) mass is 300 g/mol. The van der Waals surface area contributed by atoms with Crippen molar-refractivity contribution >= 4 is 24.0 Å². The zero-order valence-corrected chi connectivity index (χ0v) is 14.5. The second-order valence-corrected chi connectivity index (χ2v) is 7.07. The second kappa shape index (κ2) is 8.28. The molecule has 0 fully saturated rings. The normalized spacial score (nSPS) is 12.3. The Balaban J connectivity index is 2.61. The second-order valence-electron chi connectivity index (χ2n) is 5.69. The van der Waals surface area contributed by atoms with Crippen molar-refractivity contribution in [2.45, 2.75) is 53.0 Å². The van der Waals surface area contributed by atoms with Gasteiger partial charge in [0, 0.05) is 18.5 Å². The largest absolute Gasteiger partial charge is 0.300 e. The fraction of sp³-hybridized carbons (Fsp3) is 0.800. The minimum absolute atomic E-state index is 0.367. The predicted octanol–water partition coefficient (Wildman–Crippen LogP) is 4.40. The van der Waals surface area contributed by atoms with E-state index in [1.165, 1.54) is 31.4 Å². The number of nitrogens with zero attached hydrogens (tertiary/aromatic N) is 2. The van der Waals surface area contributed by atoms with E-state index in [1.807, 2.05) is 0 Å². The van der Waals surface area contributed by atoms with E-state index in [9.17, 15) is 0 Å². The van der Waals surface area contributed by atoms with E-state index in [0.29, 0.717) is 5.41 Å². The van der Waals surface area contributed by atoms with Crippen molar-refractivity contribution in [3.63, 3.8) is 0 Å². The Hall–Kier alpha value is -0.0600. The highest BCUT2D eigenvalue weighted by Crippen LogP contribution is 2.32. The van der Waals surface area contributed by atoms with Crippen LogP contribution >= 0.6 is 24.0 Å². The van der Waals surface area contributed by atoms with E-state index in [1.54, 1.807) is 11.3 Å². The first-order chi connectivity index (χ1) is 9.05. The van der Waals surface area contributed by atoms with Gasteiger partial charge in [0.2, 0.25) is 0 Å². The van der Waals surface area contributed by atoms with E-state index >= 15 is 0 Å². The van der Waals surface area contributed by atoms with Crippen LogP contribution in [-0.2, 0) is 6.54 Å². The van der Waals surface area contributed by atoms with Crippen LogP contribution in [0.4, 0.5) is 0 Å². The van der Waals surface area contributed by atoms with Crippen LogP contribution in [-0.4, -0.2) is 29.2 Å². The van der Waals surface area contributed by atoms with Gasteiger partial charge in [-0.05, 0) is 38.0 Å². The summed E-state index contributed by atoms with van der Waals surface area (Å²) in [6.45, 7) is 8.69. The van der Waals surface area contributed by atoms with E-state index < -0.39 is 0 Å². The number of hydrogen-bond donors (Lipinski definition) is 1. The molecular weight excluding hydrogens is 272 g/mol. The van der Waals surface area contributed by atoms with Crippen molar-refractivity contribution in [1.29, 1.82) is 0 Å². The average molecular weight is 301 g/mol. The molecule has 1 heterocycles. The van der Waals surface area contributed by atoms with Crippen LogP contribution < -0.4 is 0 Å². The molecule has 1 aromatic heterocycles. The Kier molecular flexibility index (Phi) is 7.40. The quantitative estimate of drug-likeness (QED) is 0.680. The molecule has 1 rings (SSSR count). The number of thiol groups is 1. The molecule has 4 heteroatoms. The molecule has 0 unspecified atom stereocenters. The molecule has 0 aliphatic heterocycles. The van der Waals surface area contributed by atoms with Crippen LogP contribution in [0.1, 0.15) is 50.2 Å². The van der Waals surface area contributed by atoms with Gasteiger partial charge < -0.3 is 0 Å². The van der Waals surface area contributed by atoms with Crippen LogP contribution in [0.25, 0.3) is 0 Å². The molecule has 0 N–H and O–H groups in total. The summed E-state index contributed by atoms with van der Waals surface area (Å²) in [5.41, 5.74) is 1.57. The minimum Gasteiger partial charge on any atom is -0.300 e. The maximum Gasteiger partial charge on any atom is 0.0897 e. The van der Waals surface area contributed by atoms with E-state index in [0.717, 1.165) is 23.8 Å². The van der Waals surface area contributed by atoms with Crippen LogP contribution in [0.2, 0.25) is 0 Å². The molecule has 0 amide bonds. The molecular formula is C15H28N2S2. The molecule has 0 saturated heterocycles. The van der Waals surface area contributed by atoms with Crippen molar-refractivity contribution in [1.82, 2.24) is 9.88 Å². The molecule has 0 aliphatic rings. The zero-order chi connectivity index (χ0) is 14.3. The van der Waals surface area contributed by atoms with Gasteiger partial charge in [0.15, 0.2) is 0 Å². The molecule has 0 atom stereocenters. The van der Waals surface area contributed by atoms with Gasteiger partial charge in [-0.1, -0.05) is 26.7 Å². The van der Waals surface area contributed by atoms with Crippen molar-refractivity contribution in [3.8, 4) is 0 Å². The Bertz CT molecular complexity index is 357. The topological polar surface area (TPSA) is 16.1 Å². The predicted molar refractivity (Wildman–Crippen MR) is 89.3 cm³/mol. The highest BCUT2D eigenvalue weighted by atomic mass is 32.1. The Morgan fingerprint density at radius 3 is 2.37 bits per heavy atom. The van der Waals surface area contributed by atoms with Crippen molar-refractivity contribution in [2.24, 2.45) is 5.41 Å². The third-order valence-electron chi connectivity index (χ3n) is 3.60. The number of aromatic nitrogens is 1. The molecule has 0 spiro atoms. The number of thiazole rings is 1. The lowest BCUT2D eigenvalue weighted by molar-refractivity contribution is 0.164. The summed E-state index contributed by atoms with van der Waals surface area (Å²) in [5, 5.41) is 3.33. The highest BCUT2D eigenvalue weighted by Gasteiger charge is 2.28. The summed E-state index contributed by atoms with van der Waals surface area (Å²) < 4.78 is 0. The fourth-order valence-electron chi connectivity index (χ4n) is 2.94. The third kappa shape index (κ3) is 5.44. The van der Waals surface area contributed by atoms with Gasteiger partial charge in [-0.3, -0.25) is 4.90 Å². The lowest BCUT2D eigenvalue weighted by Crippen LogP contribution is -2.37. The molecule has 0 radical (unpaired) electrons. The van der Waals surface area contributed by atoms with Gasteiger partial charge in [-0.25, -0.2) is 4.98 Å². The highest BCUT2D eigenvalue weighted by molar-refractivity contribution is 7.80. The molecule has 0 bridgehead atoms. The average Bonchev–Trinajstić information content (AvgIpc) is 2.75. The zero-order valence-electron chi connectivity index (χ0n) is 12.8. The number of rotatable bonds is 9. The van der Waals surface area contributed by atoms with E-state index in [-0.39, 0.29) is 0 Å². The fourth-order valence-corrected chi connectivity index (χ4v) is 3.96. The van der Waals surface area contributed by atoms with E-state index in [2.05, 4.69) is 55.7 Å². The van der Waals surface area contributed by atoms with Crippen LogP contribution in [0.15, 0.2) is 5.38 Å². The van der Waals surface area contributed by atoms with Crippen molar-refractivity contribution in [3.05, 3.63) is 16.1 Å². The summed E-state index contributed by atoms with van der Waals surface area (Å²) in [4.78, 5) is 6.97. The standard InChI is InChI=1S/C15H28N2S2/c1-5-7-15(12-18,8-6-2)11-17(4)9-14-10-19-13(3)16-14/h10,18H,5-9,11-12H2,1-4H3. The van der Waals surface area contributed by atoms with Gasteiger partial charge in [-0.15, -0.1) is 11.3 Å². The smallest absolute Gasteiger partial charge is 0.0897 e.